The molecule has 0 radical (unpaired) electrons. The average molecular weight is 572 g/mol. The number of hydrogen-bond acceptors (Lipinski definition) is 7. The molecule has 0 aromatic heterocycles. The summed E-state index contributed by atoms with van der Waals surface area (Å²) in [5.74, 6) is -3.36. The van der Waals surface area contributed by atoms with E-state index in [4.69, 9.17) is 14.2 Å². The molecule has 0 bridgehead atoms. The summed E-state index contributed by atoms with van der Waals surface area (Å²) in [5, 5.41) is 2.38. The van der Waals surface area contributed by atoms with Gasteiger partial charge in [0.15, 0.2) is 0 Å². The molecule has 1 fully saturated rings. The molecular weight excluding hydrogens is 535 g/mol. The smallest absolute Gasteiger partial charge is 0.417 e. The van der Waals surface area contributed by atoms with Gasteiger partial charge in [-0.2, -0.15) is 13.2 Å². The van der Waals surface area contributed by atoms with Gasteiger partial charge in [0.05, 0.1) is 29.5 Å². The van der Waals surface area contributed by atoms with Crippen molar-refractivity contribution < 1.29 is 46.6 Å². The zero-order chi connectivity index (χ0) is 30.2. The van der Waals surface area contributed by atoms with Crippen molar-refractivity contribution in [2.45, 2.75) is 90.8 Å². The number of esters is 1. The Bertz CT molecular complexity index is 1180. The van der Waals surface area contributed by atoms with E-state index in [1.807, 2.05) is 0 Å². The molecule has 1 aromatic rings. The zero-order valence-electron chi connectivity index (χ0n) is 23.7. The first-order chi connectivity index (χ1) is 18.4. The average Bonchev–Trinajstić information content (AvgIpc) is 2.82. The third-order valence-electron chi connectivity index (χ3n) is 6.55. The number of amides is 3. The van der Waals surface area contributed by atoms with Crippen LogP contribution in [-0.4, -0.2) is 76.7 Å². The van der Waals surface area contributed by atoms with Crippen molar-refractivity contribution in [3.05, 3.63) is 23.3 Å². The summed E-state index contributed by atoms with van der Waals surface area (Å²) in [4.78, 5) is 54.4. The van der Waals surface area contributed by atoms with Crippen LogP contribution >= 0.6 is 0 Å². The Morgan fingerprint density at radius 1 is 1.23 bits per heavy atom. The summed E-state index contributed by atoms with van der Waals surface area (Å²) in [7, 11) is 0. The van der Waals surface area contributed by atoms with E-state index in [0.717, 1.165) is 13.0 Å². The van der Waals surface area contributed by atoms with Gasteiger partial charge in [-0.3, -0.25) is 9.59 Å². The lowest BCUT2D eigenvalue weighted by Crippen LogP contribution is -2.55. The van der Waals surface area contributed by atoms with Gasteiger partial charge in [-0.15, -0.1) is 0 Å². The van der Waals surface area contributed by atoms with E-state index >= 15 is 0 Å². The maximum absolute atomic E-state index is 14.3. The van der Waals surface area contributed by atoms with Crippen LogP contribution in [0.1, 0.15) is 77.2 Å². The number of carbonyl (C=O) groups is 4. The predicted octanol–water partition coefficient (Wildman–Crippen LogP) is 4.61. The molecule has 2 aliphatic heterocycles. The van der Waals surface area contributed by atoms with Crippen LogP contribution in [0.15, 0.2) is 12.1 Å². The topological polar surface area (TPSA) is 114 Å². The van der Waals surface area contributed by atoms with Gasteiger partial charge in [0.2, 0.25) is 0 Å². The van der Waals surface area contributed by atoms with Gasteiger partial charge in [0, 0.05) is 19.1 Å². The SMILES string of the molecule is CCOC(=O)C1(C)Oc2cc(C(F)(F)F)c(C(=O)N(C(C)C)[C@@H]3CCCN(C(=O)OC(C)(C)C)C3)cc2NC1=O. The number of fused-ring (bicyclic) bond motifs is 1. The summed E-state index contributed by atoms with van der Waals surface area (Å²) < 4.78 is 58.6. The lowest BCUT2D eigenvalue weighted by atomic mass is 9.97. The van der Waals surface area contributed by atoms with Crippen LogP contribution in [-0.2, 0) is 25.2 Å². The first-order valence-corrected chi connectivity index (χ1v) is 13.1. The second-order valence-electron chi connectivity index (χ2n) is 11.2. The summed E-state index contributed by atoms with van der Waals surface area (Å²) in [6.45, 7) is 11.5. The lowest BCUT2D eigenvalue weighted by molar-refractivity contribution is -0.165. The highest BCUT2D eigenvalue weighted by molar-refractivity contribution is 6.14. The number of anilines is 1. The van der Waals surface area contributed by atoms with Crippen molar-refractivity contribution in [2.24, 2.45) is 0 Å². The van der Waals surface area contributed by atoms with Crippen LogP contribution in [0.2, 0.25) is 0 Å². The summed E-state index contributed by atoms with van der Waals surface area (Å²) in [6, 6.07) is 0.411. The van der Waals surface area contributed by atoms with Gasteiger partial charge in [0.1, 0.15) is 11.4 Å². The highest BCUT2D eigenvalue weighted by Gasteiger charge is 2.50. The number of likely N-dealkylation sites (tertiary alicyclic amines) is 1. The van der Waals surface area contributed by atoms with Crippen molar-refractivity contribution in [3.63, 3.8) is 0 Å². The molecular formula is C27H36F3N3O7. The van der Waals surface area contributed by atoms with Crippen LogP contribution in [0.3, 0.4) is 0 Å². The first kappa shape index (κ1) is 31.0. The molecule has 0 aliphatic carbocycles. The van der Waals surface area contributed by atoms with E-state index in [0.29, 0.717) is 25.5 Å². The third-order valence-corrected chi connectivity index (χ3v) is 6.55. The van der Waals surface area contributed by atoms with Crippen molar-refractivity contribution in [3.8, 4) is 5.75 Å². The number of carbonyl (C=O) groups excluding carboxylic acids is 4. The number of benzene rings is 1. The van der Waals surface area contributed by atoms with Crippen molar-refractivity contribution >= 4 is 29.6 Å². The zero-order valence-corrected chi connectivity index (χ0v) is 23.7. The minimum atomic E-state index is -4.97. The van der Waals surface area contributed by atoms with E-state index in [1.165, 1.54) is 16.7 Å². The molecule has 2 heterocycles. The van der Waals surface area contributed by atoms with Gasteiger partial charge in [-0.1, -0.05) is 0 Å². The van der Waals surface area contributed by atoms with Crippen LogP contribution in [0, 0.1) is 0 Å². The minimum absolute atomic E-state index is 0.0727. The Morgan fingerprint density at radius 2 is 1.88 bits per heavy atom. The number of rotatable bonds is 5. The number of alkyl halides is 3. The summed E-state index contributed by atoms with van der Waals surface area (Å²) >= 11 is 0. The summed E-state index contributed by atoms with van der Waals surface area (Å²) in [6.07, 6.45) is -4.55. The van der Waals surface area contributed by atoms with E-state index in [2.05, 4.69) is 5.32 Å². The molecule has 2 atom stereocenters. The first-order valence-electron chi connectivity index (χ1n) is 13.1. The standard InChI is InChI=1S/C27H36F3N3O7/c1-8-38-23(36)26(7)22(35)31-19-12-17(18(27(28,29)30)13-20(19)39-26)21(34)33(15(2)3)16-10-9-11-32(14-16)24(37)40-25(4,5)6/h12-13,15-16H,8-11,14H2,1-7H3,(H,31,35)/t16-,26?/m1/s1. The molecule has 1 unspecified atom stereocenters. The Morgan fingerprint density at radius 3 is 2.42 bits per heavy atom. The number of hydrogen-bond donors (Lipinski definition) is 1. The van der Waals surface area contributed by atoms with Gasteiger partial charge in [0.25, 0.3) is 17.4 Å². The largest absolute Gasteiger partial charge is 0.464 e. The fourth-order valence-corrected chi connectivity index (χ4v) is 4.72. The number of piperidine rings is 1. The third kappa shape index (κ3) is 6.44. The molecule has 40 heavy (non-hydrogen) atoms. The monoisotopic (exact) mass is 571 g/mol. The molecule has 3 rings (SSSR count). The molecule has 1 saturated heterocycles. The number of nitrogens with one attached hydrogen (secondary N) is 1. The van der Waals surface area contributed by atoms with Gasteiger partial charge >= 0.3 is 18.2 Å². The van der Waals surface area contributed by atoms with E-state index in [9.17, 15) is 32.3 Å². The van der Waals surface area contributed by atoms with Crippen LogP contribution in [0.4, 0.5) is 23.7 Å². The number of ether oxygens (including phenoxy) is 3. The molecule has 0 saturated carbocycles. The van der Waals surface area contributed by atoms with Crippen molar-refractivity contribution in [2.75, 3.05) is 25.0 Å². The van der Waals surface area contributed by atoms with Crippen molar-refractivity contribution in [1.82, 2.24) is 9.80 Å². The second-order valence-corrected chi connectivity index (χ2v) is 11.2. The number of nitrogens with zero attached hydrogens (tertiary/aromatic N) is 2. The Labute approximate surface area is 231 Å². The Kier molecular flexibility index (Phi) is 8.66. The summed E-state index contributed by atoms with van der Waals surface area (Å²) in [5.41, 5.74) is -5.12. The Balaban J connectivity index is 2.00. The maximum atomic E-state index is 14.3. The molecule has 10 nitrogen and oxygen atoms in total. The fraction of sp³-hybridized carbons (Fsp3) is 0.630. The molecule has 1 aromatic carbocycles. The minimum Gasteiger partial charge on any atom is -0.464 e. The van der Waals surface area contributed by atoms with Crippen LogP contribution in [0.5, 0.6) is 5.75 Å². The van der Waals surface area contributed by atoms with E-state index in [-0.39, 0.29) is 18.8 Å². The van der Waals surface area contributed by atoms with E-state index in [1.54, 1.807) is 34.6 Å². The van der Waals surface area contributed by atoms with E-state index < -0.39 is 70.2 Å². The predicted molar refractivity (Wildman–Crippen MR) is 138 cm³/mol. The number of halogens is 3. The van der Waals surface area contributed by atoms with Gasteiger partial charge in [-0.25, -0.2) is 9.59 Å². The highest BCUT2D eigenvalue weighted by atomic mass is 19.4. The molecule has 0 spiro atoms. The van der Waals surface area contributed by atoms with Crippen LogP contribution < -0.4 is 10.1 Å². The quantitative estimate of drug-likeness (QED) is 0.406. The van der Waals surface area contributed by atoms with Gasteiger partial charge in [-0.05, 0) is 73.4 Å². The molecule has 13 heteroatoms. The highest BCUT2D eigenvalue weighted by Crippen LogP contribution is 2.42. The lowest BCUT2D eigenvalue weighted by Gasteiger charge is -2.42. The van der Waals surface area contributed by atoms with Crippen molar-refractivity contribution in [1.29, 1.82) is 0 Å². The van der Waals surface area contributed by atoms with Crippen LogP contribution in [0.25, 0.3) is 0 Å². The normalized spacial score (nSPS) is 21.2. The molecule has 2 aliphatic rings. The fourth-order valence-electron chi connectivity index (χ4n) is 4.72. The maximum Gasteiger partial charge on any atom is 0.417 e. The molecule has 222 valence electrons. The molecule has 3 amide bonds. The second kappa shape index (κ2) is 11.2. The van der Waals surface area contributed by atoms with Gasteiger partial charge < -0.3 is 29.3 Å². The molecule has 1 N–H and O–H groups in total. The Hall–Kier alpha value is -3.51.